The smallest absolute Gasteiger partial charge is 0.255 e. The predicted octanol–water partition coefficient (Wildman–Crippen LogP) is 2.60. The molecular weight excluding hydrogens is 305 g/mol. The molecule has 0 saturated carbocycles. The van der Waals surface area contributed by atoms with E-state index in [0.29, 0.717) is 12.1 Å². The Balaban J connectivity index is 2.31. The summed E-state index contributed by atoms with van der Waals surface area (Å²) in [7, 11) is 0. The lowest BCUT2D eigenvalue weighted by molar-refractivity contribution is 0.0957. The van der Waals surface area contributed by atoms with Gasteiger partial charge in [0.2, 0.25) is 0 Å². The fraction of sp³-hybridized carbons (Fsp3) is 0.182. The first-order valence-electron chi connectivity index (χ1n) is 4.63. The minimum absolute atomic E-state index is 0.0726. The van der Waals surface area contributed by atoms with Crippen molar-refractivity contribution in [3.63, 3.8) is 0 Å². The van der Waals surface area contributed by atoms with Crippen LogP contribution in [0.25, 0.3) is 11.0 Å². The molecule has 0 aliphatic heterocycles. The van der Waals surface area contributed by atoms with Crippen LogP contribution < -0.4 is 5.32 Å². The van der Waals surface area contributed by atoms with Crippen LogP contribution in [0.1, 0.15) is 10.4 Å². The zero-order valence-corrected chi connectivity index (χ0v) is 10.2. The van der Waals surface area contributed by atoms with Gasteiger partial charge in [-0.3, -0.25) is 4.79 Å². The zero-order chi connectivity index (χ0) is 10.7. The van der Waals surface area contributed by atoms with Gasteiger partial charge in [-0.15, -0.1) is 0 Å². The van der Waals surface area contributed by atoms with Crippen molar-refractivity contribution in [3.05, 3.63) is 36.1 Å². The summed E-state index contributed by atoms with van der Waals surface area (Å²) in [4.78, 5) is 11.7. The van der Waals surface area contributed by atoms with Crippen molar-refractivity contribution in [3.8, 4) is 0 Å². The molecule has 0 atom stereocenters. The minimum Gasteiger partial charge on any atom is -0.463 e. The summed E-state index contributed by atoms with van der Waals surface area (Å²) < 4.78 is 6.19. The van der Waals surface area contributed by atoms with Gasteiger partial charge in [0.05, 0.1) is 5.56 Å². The van der Waals surface area contributed by atoms with Crippen molar-refractivity contribution in [2.75, 3.05) is 11.0 Å². The molecule has 0 aliphatic rings. The number of benzene rings is 1. The number of carbonyl (C=O) groups excluding carboxylic acids is 1. The van der Waals surface area contributed by atoms with E-state index in [1.165, 1.54) is 6.26 Å². The summed E-state index contributed by atoms with van der Waals surface area (Å²) >= 11 is 2.22. The maximum absolute atomic E-state index is 11.7. The highest BCUT2D eigenvalue weighted by molar-refractivity contribution is 14.1. The van der Waals surface area contributed by atoms with Crippen molar-refractivity contribution in [2.45, 2.75) is 0 Å². The summed E-state index contributed by atoms with van der Waals surface area (Å²) in [6.07, 6.45) is 1.51. The lowest BCUT2D eigenvalue weighted by Gasteiger charge is -1.99. The summed E-state index contributed by atoms with van der Waals surface area (Å²) in [6, 6.07) is 7.52. The van der Waals surface area contributed by atoms with Crippen molar-refractivity contribution in [1.82, 2.24) is 5.32 Å². The van der Waals surface area contributed by atoms with Gasteiger partial charge in [0.25, 0.3) is 5.91 Å². The number of fused-ring (bicyclic) bond motifs is 1. The van der Waals surface area contributed by atoms with Gasteiger partial charge in [0.1, 0.15) is 11.8 Å². The first-order chi connectivity index (χ1) is 7.33. The van der Waals surface area contributed by atoms with E-state index in [1.54, 1.807) is 0 Å². The molecule has 3 nitrogen and oxygen atoms in total. The number of halogens is 1. The third-order valence-electron chi connectivity index (χ3n) is 2.11. The fourth-order valence-electron chi connectivity index (χ4n) is 1.41. The van der Waals surface area contributed by atoms with E-state index in [4.69, 9.17) is 4.42 Å². The van der Waals surface area contributed by atoms with Crippen molar-refractivity contribution < 1.29 is 9.21 Å². The normalized spacial score (nSPS) is 10.5. The second-order valence-corrected chi connectivity index (χ2v) is 4.17. The number of para-hydroxylation sites is 1. The minimum atomic E-state index is -0.0726. The zero-order valence-electron chi connectivity index (χ0n) is 8.00. The second kappa shape index (κ2) is 4.65. The maximum atomic E-state index is 11.7. The molecule has 0 saturated heterocycles. The molecule has 0 fully saturated rings. The molecule has 2 aromatic rings. The molecule has 0 aliphatic carbocycles. The first-order valence-corrected chi connectivity index (χ1v) is 6.16. The lowest BCUT2D eigenvalue weighted by atomic mass is 10.1. The Morgan fingerprint density at radius 2 is 2.20 bits per heavy atom. The van der Waals surface area contributed by atoms with Crippen LogP contribution in [0.3, 0.4) is 0 Å². The van der Waals surface area contributed by atoms with Gasteiger partial charge in [-0.05, 0) is 6.07 Å². The van der Waals surface area contributed by atoms with E-state index < -0.39 is 0 Å². The van der Waals surface area contributed by atoms with Gasteiger partial charge in [-0.1, -0.05) is 40.8 Å². The van der Waals surface area contributed by atoms with Gasteiger partial charge >= 0.3 is 0 Å². The molecule has 1 aromatic carbocycles. The van der Waals surface area contributed by atoms with Crippen LogP contribution in [-0.2, 0) is 0 Å². The van der Waals surface area contributed by atoms with Crippen LogP contribution in [0.4, 0.5) is 0 Å². The van der Waals surface area contributed by atoms with E-state index in [9.17, 15) is 4.79 Å². The number of furan rings is 1. The molecule has 1 heterocycles. The third-order valence-corrected chi connectivity index (χ3v) is 2.65. The average Bonchev–Trinajstić information content (AvgIpc) is 2.69. The molecule has 15 heavy (non-hydrogen) atoms. The number of nitrogens with one attached hydrogen (secondary N) is 1. The van der Waals surface area contributed by atoms with E-state index in [-0.39, 0.29) is 5.91 Å². The molecule has 0 radical (unpaired) electrons. The van der Waals surface area contributed by atoms with E-state index in [0.717, 1.165) is 15.4 Å². The summed E-state index contributed by atoms with van der Waals surface area (Å²) in [5.41, 5.74) is 1.35. The highest BCUT2D eigenvalue weighted by Crippen LogP contribution is 2.20. The molecule has 1 N–H and O–H groups in total. The topological polar surface area (TPSA) is 42.2 Å². The molecule has 0 unspecified atom stereocenters. The van der Waals surface area contributed by atoms with Gasteiger partial charge in [0.15, 0.2) is 0 Å². The van der Waals surface area contributed by atoms with Crippen LogP contribution >= 0.6 is 22.6 Å². The molecule has 4 heteroatoms. The standard InChI is InChI=1S/C11H10INO2/c12-5-6-13-11(14)9-7-15-10-4-2-1-3-8(9)10/h1-4,7H,5-6H2,(H,13,14). The second-order valence-electron chi connectivity index (χ2n) is 3.09. The fourth-order valence-corrected chi connectivity index (χ4v) is 1.68. The number of alkyl halides is 1. The molecule has 2 rings (SSSR count). The molecule has 1 amide bonds. The number of amides is 1. The van der Waals surface area contributed by atoms with Gasteiger partial charge in [0, 0.05) is 16.4 Å². The van der Waals surface area contributed by atoms with Crippen LogP contribution in [0.15, 0.2) is 34.9 Å². The number of carbonyl (C=O) groups is 1. The lowest BCUT2D eigenvalue weighted by Crippen LogP contribution is -2.24. The quantitative estimate of drug-likeness (QED) is 0.699. The molecule has 0 spiro atoms. The third kappa shape index (κ3) is 2.14. The monoisotopic (exact) mass is 315 g/mol. The van der Waals surface area contributed by atoms with Gasteiger partial charge in [-0.25, -0.2) is 0 Å². The highest BCUT2D eigenvalue weighted by atomic mass is 127. The van der Waals surface area contributed by atoms with Crippen LogP contribution in [0, 0.1) is 0 Å². The van der Waals surface area contributed by atoms with Gasteiger partial charge in [-0.2, -0.15) is 0 Å². The van der Waals surface area contributed by atoms with Crippen LogP contribution in [0.2, 0.25) is 0 Å². The summed E-state index contributed by atoms with van der Waals surface area (Å²) in [6.45, 7) is 0.679. The Hall–Kier alpha value is -1.04. The SMILES string of the molecule is O=C(NCCI)c1coc2ccccc12. The largest absolute Gasteiger partial charge is 0.463 e. The van der Waals surface area contributed by atoms with Crippen LogP contribution in [0.5, 0.6) is 0 Å². The number of rotatable bonds is 3. The van der Waals surface area contributed by atoms with Crippen molar-refractivity contribution in [2.24, 2.45) is 0 Å². The Bertz CT molecular complexity index is 478. The predicted molar refractivity (Wildman–Crippen MR) is 67.4 cm³/mol. The van der Waals surface area contributed by atoms with Crippen LogP contribution in [-0.4, -0.2) is 16.9 Å². The van der Waals surface area contributed by atoms with E-state index >= 15 is 0 Å². The average molecular weight is 315 g/mol. The number of hydrogen-bond acceptors (Lipinski definition) is 2. The maximum Gasteiger partial charge on any atom is 0.255 e. The first kappa shape index (κ1) is 10.5. The van der Waals surface area contributed by atoms with Gasteiger partial charge < -0.3 is 9.73 Å². The Morgan fingerprint density at radius 1 is 1.40 bits per heavy atom. The molecule has 78 valence electrons. The Labute approximate surface area is 101 Å². The summed E-state index contributed by atoms with van der Waals surface area (Å²) in [5, 5.41) is 3.68. The van der Waals surface area contributed by atoms with Crippen molar-refractivity contribution in [1.29, 1.82) is 0 Å². The number of hydrogen-bond donors (Lipinski definition) is 1. The highest BCUT2D eigenvalue weighted by Gasteiger charge is 2.11. The molecule has 0 bridgehead atoms. The molecule has 1 aromatic heterocycles. The van der Waals surface area contributed by atoms with E-state index in [1.807, 2.05) is 24.3 Å². The Morgan fingerprint density at radius 3 is 3.00 bits per heavy atom. The molecular formula is C11H10INO2. The summed E-state index contributed by atoms with van der Waals surface area (Å²) in [5.74, 6) is -0.0726. The van der Waals surface area contributed by atoms with Crippen molar-refractivity contribution >= 4 is 39.5 Å². The van der Waals surface area contributed by atoms with E-state index in [2.05, 4.69) is 27.9 Å². The Kier molecular flexibility index (Phi) is 3.25.